The molecule has 3 atom stereocenters. The summed E-state index contributed by atoms with van der Waals surface area (Å²) in [6, 6.07) is 0. The number of aliphatic hydroxyl groups is 1. The van der Waals surface area contributed by atoms with E-state index in [9.17, 15) is 14.7 Å². The van der Waals surface area contributed by atoms with Crippen molar-refractivity contribution in [2.75, 3.05) is 0 Å². The lowest BCUT2D eigenvalue weighted by molar-refractivity contribution is -0.137. The summed E-state index contributed by atoms with van der Waals surface area (Å²) in [5, 5.41) is 18.1. The number of carbonyl (C=O) groups is 2. The van der Waals surface area contributed by atoms with Gasteiger partial charge in [-0.2, -0.15) is 0 Å². The van der Waals surface area contributed by atoms with Crippen LogP contribution in [0, 0.1) is 11.8 Å². The summed E-state index contributed by atoms with van der Waals surface area (Å²) < 4.78 is 0. The third-order valence-electron chi connectivity index (χ3n) is 3.85. The highest BCUT2D eigenvalue weighted by atomic mass is 16.4. The van der Waals surface area contributed by atoms with E-state index in [1.165, 1.54) is 0 Å². The number of allylic oxidation sites excluding steroid dienone is 5. The topological polar surface area (TPSA) is 74.6 Å². The molecule has 0 aromatic heterocycles. The van der Waals surface area contributed by atoms with Gasteiger partial charge in [0.2, 0.25) is 0 Å². The van der Waals surface area contributed by atoms with E-state index >= 15 is 0 Å². The van der Waals surface area contributed by atoms with Gasteiger partial charge in [0.25, 0.3) is 0 Å². The van der Waals surface area contributed by atoms with Gasteiger partial charge < -0.3 is 10.2 Å². The second kappa shape index (κ2) is 10.1. The van der Waals surface area contributed by atoms with E-state index in [4.69, 9.17) is 5.11 Å². The van der Waals surface area contributed by atoms with Crippen LogP contribution < -0.4 is 0 Å². The average molecular weight is 306 g/mol. The molecule has 1 aliphatic rings. The van der Waals surface area contributed by atoms with Crippen molar-refractivity contribution in [3.05, 3.63) is 36.5 Å². The zero-order valence-corrected chi connectivity index (χ0v) is 13.1. The quantitative estimate of drug-likeness (QED) is 0.480. The van der Waals surface area contributed by atoms with E-state index < -0.39 is 12.1 Å². The van der Waals surface area contributed by atoms with Crippen LogP contribution in [0.25, 0.3) is 0 Å². The first-order valence-electron chi connectivity index (χ1n) is 7.99. The number of carbonyl (C=O) groups excluding carboxylic acids is 1. The van der Waals surface area contributed by atoms with Crippen LogP contribution in [0.5, 0.6) is 0 Å². The molecule has 0 saturated heterocycles. The number of ketones is 1. The molecule has 0 amide bonds. The lowest BCUT2D eigenvalue weighted by Gasteiger charge is -2.13. The van der Waals surface area contributed by atoms with Gasteiger partial charge in [0.1, 0.15) is 0 Å². The van der Waals surface area contributed by atoms with E-state index in [-0.39, 0.29) is 24.0 Å². The molecule has 0 radical (unpaired) electrons. The van der Waals surface area contributed by atoms with Crippen molar-refractivity contribution < 1.29 is 19.8 Å². The molecule has 1 aliphatic carbocycles. The highest BCUT2D eigenvalue weighted by Gasteiger charge is 2.26. The van der Waals surface area contributed by atoms with Crippen LogP contribution in [0.15, 0.2) is 36.5 Å². The van der Waals surface area contributed by atoms with Crippen LogP contribution in [0.3, 0.4) is 0 Å². The zero-order valence-electron chi connectivity index (χ0n) is 13.1. The Hall–Kier alpha value is -1.68. The van der Waals surface area contributed by atoms with Gasteiger partial charge in [-0.3, -0.25) is 9.59 Å². The summed E-state index contributed by atoms with van der Waals surface area (Å²) in [6.45, 7) is 1.91. The summed E-state index contributed by atoms with van der Waals surface area (Å²) in [4.78, 5) is 22.2. The van der Waals surface area contributed by atoms with E-state index in [0.29, 0.717) is 19.3 Å². The van der Waals surface area contributed by atoms with Gasteiger partial charge in [0.05, 0.1) is 6.10 Å². The van der Waals surface area contributed by atoms with Crippen molar-refractivity contribution in [1.82, 2.24) is 0 Å². The van der Waals surface area contributed by atoms with Crippen LogP contribution >= 0.6 is 0 Å². The van der Waals surface area contributed by atoms with Gasteiger partial charge in [-0.1, -0.05) is 37.3 Å². The zero-order chi connectivity index (χ0) is 16.4. The molecule has 0 fully saturated rings. The summed E-state index contributed by atoms with van der Waals surface area (Å²) >= 11 is 0. The van der Waals surface area contributed by atoms with Gasteiger partial charge in [0, 0.05) is 18.3 Å². The molecule has 0 aliphatic heterocycles. The van der Waals surface area contributed by atoms with E-state index in [0.717, 1.165) is 12.8 Å². The Morgan fingerprint density at radius 3 is 2.82 bits per heavy atom. The highest BCUT2D eigenvalue weighted by molar-refractivity contribution is 5.95. The maximum Gasteiger partial charge on any atom is 0.303 e. The summed E-state index contributed by atoms with van der Waals surface area (Å²) in [7, 11) is 0. The number of aliphatic carboxylic acids is 1. The van der Waals surface area contributed by atoms with Crippen molar-refractivity contribution >= 4 is 11.8 Å². The Kier molecular flexibility index (Phi) is 8.44. The van der Waals surface area contributed by atoms with Crippen molar-refractivity contribution in [2.24, 2.45) is 11.8 Å². The number of carboxylic acids is 1. The van der Waals surface area contributed by atoms with Crippen LogP contribution in [0.2, 0.25) is 0 Å². The molecule has 0 aromatic rings. The standard InChI is InChI=1S/C18H26O4/c1-2-15(19)12-10-14-11-13-17(20)16(14)8-6-4-3-5-7-9-18(21)22/h4,6,10-16,19H,2-3,5,7-9H2,1H3,(H,21,22)/b6-4-,12-10+/t14-,15-,16-/m1/s1. The molecule has 4 nitrogen and oxygen atoms in total. The van der Waals surface area contributed by atoms with E-state index in [1.807, 2.05) is 31.2 Å². The molecule has 0 unspecified atom stereocenters. The SMILES string of the molecule is CC[C@@H](O)/C=C/[C@@H]1C=CC(=O)[C@@H]1C/C=C\CCCCC(=O)O. The van der Waals surface area contributed by atoms with Crippen LogP contribution in [0.1, 0.15) is 45.4 Å². The third kappa shape index (κ3) is 6.85. The fraction of sp³-hybridized carbons (Fsp3) is 0.556. The fourth-order valence-corrected chi connectivity index (χ4v) is 2.42. The van der Waals surface area contributed by atoms with Crippen molar-refractivity contribution in [2.45, 2.75) is 51.6 Å². The first-order valence-corrected chi connectivity index (χ1v) is 7.99. The fourth-order valence-electron chi connectivity index (χ4n) is 2.42. The highest BCUT2D eigenvalue weighted by Crippen LogP contribution is 2.27. The molecule has 0 heterocycles. The van der Waals surface area contributed by atoms with Crippen LogP contribution in [0.4, 0.5) is 0 Å². The predicted octanol–water partition coefficient (Wildman–Crippen LogP) is 3.28. The Balaban J connectivity index is 2.34. The maximum atomic E-state index is 11.9. The van der Waals surface area contributed by atoms with Gasteiger partial charge in [-0.25, -0.2) is 0 Å². The second-order valence-electron chi connectivity index (χ2n) is 5.65. The smallest absolute Gasteiger partial charge is 0.303 e. The predicted molar refractivity (Wildman–Crippen MR) is 86.4 cm³/mol. The Bertz CT molecular complexity index is 448. The van der Waals surface area contributed by atoms with Gasteiger partial charge >= 0.3 is 5.97 Å². The Morgan fingerprint density at radius 1 is 1.36 bits per heavy atom. The minimum absolute atomic E-state index is 0.0605. The van der Waals surface area contributed by atoms with Crippen molar-refractivity contribution in [3.8, 4) is 0 Å². The number of rotatable bonds is 10. The van der Waals surface area contributed by atoms with Gasteiger partial charge in [-0.15, -0.1) is 0 Å². The largest absolute Gasteiger partial charge is 0.481 e. The van der Waals surface area contributed by atoms with Crippen molar-refractivity contribution in [3.63, 3.8) is 0 Å². The molecule has 2 N–H and O–H groups in total. The maximum absolute atomic E-state index is 11.9. The lowest BCUT2D eigenvalue weighted by Crippen LogP contribution is -2.14. The average Bonchev–Trinajstić information content (AvgIpc) is 2.84. The van der Waals surface area contributed by atoms with Gasteiger partial charge in [0.15, 0.2) is 5.78 Å². The van der Waals surface area contributed by atoms with Crippen LogP contribution in [-0.2, 0) is 9.59 Å². The lowest BCUT2D eigenvalue weighted by atomic mass is 9.90. The van der Waals surface area contributed by atoms with Gasteiger partial charge in [-0.05, 0) is 38.2 Å². The van der Waals surface area contributed by atoms with E-state index in [1.54, 1.807) is 12.2 Å². The monoisotopic (exact) mass is 306 g/mol. The minimum atomic E-state index is -0.754. The molecule has 122 valence electrons. The summed E-state index contributed by atoms with van der Waals surface area (Å²) in [5.41, 5.74) is 0. The number of hydrogen-bond donors (Lipinski definition) is 2. The molecule has 0 saturated carbocycles. The molecule has 0 bridgehead atoms. The third-order valence-corrected chi connectivity index (χ3v) is 3.85. The first kappa shape index (κ1) is 18.4. The summed E-state index contributed by atoms with van der Waals surface area (Å²) in [5.74, 6) is -0.632. The number of carboxylic acid groups (broad SMARTS) is 1. The number of hydrogen-bond acceptors (Lipinski definition) is 3. The van der Waals surface area contributed by atoms with E-state index in [2.05, 4.69) is 0 Å². The Morgan fingerprint density at radius 2 is 2.14 bits per heavy atom. The number of aliphatic hydroxyl groups excluding tert-OH is 1. The van der Waals surface area contributed by atoms with Crippen molar-refractivity contribution in [1.29, 1.82) is 0 Å². The molecular weight excluding hydrogens is 280 g/mol. The summed E-state index contributed by atoms with van der Waals surface area (Å²) in [6.07, 6.45) is 14.7. The molecule has 4 heteroatoms. The molecule has 0 aromatic carbocycles. The molecular formula is C18H26O4. The normalized spacial score (nSPS) is 22.9. The first-order chi connectivity index (χ1) is 10.5. The Labute approximate surface area is 132 Å². The molecule has 0 spiro atoms. The van der Waals surface area contributed by atoms with Crippen LogP contribution in [-0.4, -0.2) is 28.1 Å². The molecule has 22 heavy (non-hydrogen) atoms. The number of unbranched alkanes of at least 4 members (excludes halogenated alkanes) is 2. The molecule has 1 rings (SSSR count). The second-order valence-corrected chi connectivity index (χ2v) is 5.65. The minimum Gasteiger partial charge on any atom is -0.481 e.